The maximum absolute atomic E-state index is 3.18. The van der Waals surface area contributed by atoms with Crippen molar-refractivity contribution in [3.8, 4) is 0 Å². The molecule has 0 amide bonds. The Morgan fingerprint density at radius 3 is 2.64 bits per heavy atom. The lowest BCUT2D eigenvalue weighted by Gasteiger charge is -2.06. The number of rotatable bonds is 3. The Hall–Kier alpha value is -1.08. The van der Waals surface area contributed by atoms with Crippen LogP contribution in [0.4, 0.5) is 0 Å². The minimum Gasteiger partial charge on any atom is -0.314 e. The molecule has 0 aliphatic carbocycles. The number of nitrogens with one attached hydrogen (secondary N) is 1. The van der Waals surface area contributed by atoms with Crippen molar-refractivity contribution in [1.82, 2.24) is 5.32 Å². The molecule has 0 spiro atoms. The summed E-state index contributed by atoms with van der Waals surface area (Å²) in [5.74, 6) is 0. The van der Waals surface area contributed by atoms with E-state index in [9.17, 15) is 0 Å². The molecule has 0 radical (unpaired) electrons. The minimum absolute atomic E-state index is 0.426. The van der Waals surface area contributed by atoms with Crippen molar-refractivity contribution < 1.29 is 0 Å². The quantitative estimate of drug-likeness (QED) is 0.771. The summed E-state index contributed by atoms with van der Waals surface area (Å²) in [5, 5.41) is 3.18. The monoisotopic (exact) mass is 189 g/mol. The van der Waals surface area contributed by atoms with E-state index in [4.69, 9.17) is 0 Å². The fourth-order valence-corrected chi connectivity index (χ4v) is 1.30. The highest BCUT2D eigenvalue weighted by atomic mass is 14.8. The van der Waals surface area contributed by atoms with Crippen molar-refractivity contribution >= 4 is 6.08 Å². The fraction of sp³-hybridized carbons (Fsp3) is 0.385. The summed E-state index contributed by atoms with van der Waals surface area (Å²) >= 11 is 0. The summed E-state index contributed by atoms with van der Waals surface area (Å²) in [6.07, 6.45) is 4.37. The Kier molecular flexibility index (Phi) is 3.90. The number of benzene rings is 1. The van der Waals surface area contributed by atoms with Crippen LogP contribution in [0.3, 0.4) is 0 Å². The van der Waals surface area contributed by atoms with Gasteiger partial charge in [0.15, 0.2) is 0 Å². The van der Waals surface area contributed by atoms with Gasteiger partial charge in [0.1, 0.15) is 0 Å². The lowest BCUT2D eigenvalue weighted by molar-refractivity contribution is 0.731. The largest absolute Gasteiger partial charge is 0.314 e. The van der Waals surface area contributed by atoms with Gasteiger partial charge in [0, 0.05) is 6.04 Å². The van der Waals surface area contributed by atoms with E-state index in [2.05, 4.69) is 56.4 Å². The first kappa shape index (κ1) is 11.0. The van der Waals surface area contributed by atoms with Gasteiger partial charge >= 0.3 is 0 Å². The van der Waals surface area contributed by atoms with Crippen molar-refractivity contribution in [1.29, 1.82) is 0 Å². The van der Waals surface area contributed by atoms with E-state index < -0.39 is 0 Å². The molecule has 0 aliphatic heterocycles. The van der Waals surface area contributed by atoms with Crippen LogP contribution in [-0.4, -0.2) is 13.1 Å². The second kappa shape index (κ2) is 4.97. The molecular weight excluding hydrogens is 170 g/mol. The Bertz CT molecular complexity index is 326. The fourth-order valence-electron chi connectivity index (χ4n) is 1.30. The second-order valence-electron chi connectivity index (χ2n) is 3.73. The van der Waals surface area contributed by atoms with Gasteiger partial charge in [-0.15, -0.1) is 0 Å². The summed E-state index contributed by atoms with van der Waals surface area (Å²) < 4.78 is 0. The van der Waals surface area contributed by atoms with Crippen molar-refractivity contribution in [3.63, 3.8) is 0 Å². The van der Waals surface area contributed by atoms with E-state index in [1.807, 2.05) is 7.05 Å². The van der Waals surface area contributed by atoms with Gasteiger partial charge in [0.05, 0.1) is 0 Å². The highest BCUT2D eigenvalue weighted by Gasteiger charge is 1.97. The van der Waals surface area contributed by atoms with E-state index in [0.29, 0.717) is 6.04 Å². The van der Waals surface area contributed by atoms with E-state index >= 15 is 0 Å². The molecule has 1 heteroatoms. The van der Waals surface area contributed by atoms with Gasteiger partial charge in [-0.3, -0.25) is 0 Å². The average Bonchev–Trinajstić information content (AvgIpc) is 2.20. The molecule has 0 heterocycles. The highest BCUT2D eigenvalue weighted by Crippen LogP contribution is 2.14. The van der Waals surface area contributed by atoms with Crippen LogP contribution < -0.4 is 5.32 Å². The van der Waals surface area contributed by atoms with E-state index in [1.54, 1.807) is 0 Å². The van der Waals surface area contributed by atoms with Gasteiger partial charge in [0.2, 0.25) is 0 Å². The van der Waals surface area contributed by atoms with Gasteiger partial charge < -0.3 is 5.32 Å². The third-order valence-electron chi connectivity index (χ3n) is 2.67. The second-order valence-corrected chi connectivity index (χ2v) is 3.73. The van der Waals surface area contributed by atoms with Gasteiger partial charge in [-0.2, -0.15) is 0 Å². The predicted octanol–water partition coefficient (Wildman–Crippen LogP) is 2.92. The molecule has 1 atom stereocenters. The summed E-state index contributed by atoms with van der Waals surface area (Å²) in [4.78, 5) is 0. The number of hydrogen-bond donors (Lipinski definition) is 1. The van der Waals surface area contributed by atoms with Crippen LogP contribution in [0.15, 0.2) is 24.3 Å². The summed E-state index contributed by atoms with van der Waals surface area (Å²) in [6, 6.07) is 6.83. The smallest absolute Gasteiger partial charge is 0.0221 e. The predicted molar refractivity (Wildman–Crippen MR) is 63.5 cm³/mol. The molecule has 1 nitrogen and oxygen atoms in total. The Morgan fingerprint density at radius 1 is 1.29 bits per heavy atom. The van der Waals surface area contributed by atoms with Gasteiger partial charge in [-0.1, -0.05) is 30.4 Å². The molecule has 0 bridgehead atoms. The normalized spacial score (nSPS) is 13.4. The first-order valence-corrected chi connectivity index (χ1v) is 5.07. The molecule has 1 aromatic rings. The van der Waals surface area contributed by atoms with Crippen LogP contribution in [0.25, 0.3) is 6.08 Å². The molecule has 76 valence electrons. The first-order valence-electron chi connectivity index (χ1n) is 5.07. The molecule has 1 N–H and O–H groups in total. The molecule has 1 unspecified atom stereocenters. The highest BCUT2D eigenvalue weighted by molar-refractivity contribution is 5.55. The maximum Gasteiger partial charge on any atom is 0.0221 e. The summed E-state index contributed by atoms with van der Waals surface area (Å²) in [7, 11) is 1.97. The van der Waals surface area contributed by atoms with Crippen molar-refractivity contribution in [2.24, 2.45) is 0 Å². The molecule has 0 aliphatic rings. The summed E-state index contributed by atoms with van der Waals surface area (Å²) in [6.45, 7) is 6.45. The van der Waals surface area contributed by atoms with Crippen molar-refractivity contribution in [2.75, 3.05) is 7.05 Å². The van der Waals surface area contributed by atoms with Crippen LogP contribution in [0.1, 0.15) is 23.6 Å². The van der Waals surface area contributed by atoms with Gasteiger partial charge in [0.25, 0.3) is 0 Å². The zero-order chi connectivity index (χ0) is 10.6. The molecule has 0 fully saturated rings. The van der Waals surface area contributed by atoms with Crippen molar-refractivity contribution in [3.05, 3.63) is 41.0 Å². The zero-order valence-corrected chi connectivity index (χ0v) is 9.46. The molecule has 0 saturated heterocycles. The average molecular weight is 189 g/mol. The van der Waals surface area contributed by atoms with Crippen LogP contribution in [0.2, 0.25) is 0 Å². The van der Waals surface area contributed by atoms with Gasteiger partial charge in [-0.25, -0.2) is 0 Å². The van der Waals surface area contributed by atoms with Crippen molar-refractivity contribution in [2.45, 2.75) is 26.8 Å². The van der Waals surface area contributed by atoms with Gasteiger partial charge in [-0.05, 0) is 44.5 Å². The zero-order valence-electron chi connectivity index (χ0n) is 9.46. The summed E-state index contributed by atoms with van der Waals surface area (Å²) in [5.41, 5.74) is 4.03. The molecule has 0 saturated carbocycles. The van der Waals surface area contributed by atoms with Crippen LogP contribution in [0.5, 0.6) is 0 Å². The topological polar surface area (TPSA) is 12.0 Å². The first-order chi connectivity index (χ1) is 6.65. The molecule has 0 aromatic heterocycles. The van der Waals surface area contributed by atoms with E-state index in [0.717, 1.165) is 0 Å². The molecule has 14 heavy (non-hydrogen) atoms. The number of likely N-dealkylation sites (N-methyl/N-ethyl adjacent to an activating group) is 1. The van der Waals surface area contributed by atoms with E-state index in [1.165, 1.54) is 16.7 Å². The standard InChI is InChI=1S/C13H19N/c1-10-6-5-7-13(12(10)3)9-8-11(2)14-4/h5-9,11,14H,1-4H3/b9-8+. The molecular formula is C13H19N. The SMILES string of the molecule is CNC(C)/C=C/c1cccc(C)c1C. The van der Waals surface area contributed by atoms with Crippen LogP contribution in [0, 0.1) is 13.8 Å². The van der Waals surface area contributed by atoms with E-state index in [-0.39, 0.29) is 0 Å². The number of hydrogen-bond acceptors (Lipinski definition) is 1. The Labute approximate surface area is 86.8 Å². The Balaban J connectivity index is 2.86. The third kappa shape index (κ3) is 2.71. The Morgan fingerprint density at radius 2 is 2.00 bits per heavy atom. The lowest BCUT2D eigenvalue weighted by atomic mass is 10.0. The third-order valence-corrected chi connectivity index (χ3v) is 2.67. The number of aryl methyl sites for hydroxylation is 1. The van der Waals surface area contributed by atoms with Crippen LogP contribution in [-0.2, 0) is 0 Å². The maximum atomic E-state index is 3.18. The lowest BCUT2D eigenvalue weighted by Crippen LogP contribution is -2.17. The molecule has 1 aromatic carbocycles. The minimum atomic E-state index is 0.426. The van der Waals surface area contributed by atoms with Crippen LogP contribution >= 0.6 is 0 Å². The molecule has 1 rings (SSSR count).